The van der Waals surface area contributed by atoms with E-state index >= 15 is 0 Å². The Balaban J connectivity index is 1.28. The highest BCUT2D eigenvalue weighted by Gasteiger charge is 2.24. The van der Waals surface area contributed by atoms with Crippen LogP contribution in [0.1, 0.15) is 42.1 Å². The Morgan fingerprint density at radius 3 is 2.07 bits per heavy atom. The Labute approximate surface area is 165 Å². The van der Waals surface area contributed by atoms with Crippen molar-refractivity contribution in [1.82, 2.24) is 15.0 Å². The first-order valence-corrected chi connectivity index (χ1v) is 11.2. The number of thiazole rings is 1. The van der Waals surface area contributed by atoms with Crippen molar-refractivity contribution in [2.75, 3.05) is 54.0 Å². The van der Waals surface area contributed by atoms with E-state index in [1.807, 2.05) is 18.3 Å². The van der Waals surface area contributed by atoms with Crippen LogP contribution in [0.15, 0.2) is 6.07 Å². The van der Waals surface area contributed by atoms with Crippen molar-refractivity contribution >= 4 is 28.1 Å². The van der Waals surface area contributed by atoms with Gasteiger partial charge in [0.1, 0.15) is 17.5 Å². The van der Waals surface area contributed by atoms with Crippen LogP contribution in [-0.4, -0.2) is 54.2 Å². The summed E-state index contributed by atoms with van der Waals surface area (Å²) in [6, 6.07) is 2.19. The monoisotopic (exact) mass is 384 g/mol. The fraction of sp³-hybridized carbons (Fsp3) is 0.650. The molecule has 2 fully saturated rings. The molecule has 2 aliphatic heterocycles. The van der Waals surface area contributed by atoms with Gasteiger partial charge in [-0.2, -0.15) is 0 Å². The average molecular weight is 385 g/mol. The molecule has 3 aliphatic rings. The lowest BCUT2D eigenvalue weighted by Crippen LogP contribution is -2.47. The summed E-state index contributed by atoms with van der Waals surface area (Å²) in [5.41, 5.74) is 1.37. The normalized spacial score (nSPS) is 20.3. The molecule has 4 heterocycles. The molecule has 0 saturated carbocycles. The summed E-state index contributed by atoms with van der Waals surface area (Å²) in [6.45, 7) is 8.31. The minimum absolute atomic E-state index is 0.879. The van der Waals surface area contributed by atoms with Gasteiger partial charge < -0.3 is 14.7 Å². The zero-order valence-corrected chi connectivity index (χ0v) is 17.0. The maximum absolute atomic E-state index is 4.95. The third kappa shape index (κ3) is 3.49. The largest absolute Gasteiger partial charge is 0.356 e. The van der Waals surface area contributed by atoms with Crippen LogP contribution in [0.3, 0.4) is 0 Å². The summed E-state index contributed by atoms with van der Waals surface area (Å²) in [6.07, 6.45) is 7.58. The van der Waals surface area contributed by atoms with Gasteiger partial charge in [0.15, 0.2) is 5.13 Å². The van der Waals surface area contributed by atoms with Crippen LogP contribution in [0.4, 0.5) is 16.8 Å². The van der Waals surface area contributed by atoms with Crippen molar-refractivity contribution in [2.24, 2.45) is 0 Å². The number of hydrogen-bond donors (Lipinski definition) is 0. The van der Waals surface area contributed by atoms with E-state index in [-0.39, 0.29) is 0 Å². The summed E-state index contributed by atoms with van der Waals surface area (Å²) in [5, 5.41) is 1.23. The molecule has 0 spiro atoms. The van der Waals surface area contributed by atoms with Crippen molar-refractivity contribution in [3.05, 3.63) is 22.5 Å². The summed E-state index contributed by atoms with van der Waals surface area (Å²) in [7, 11) is 0. The molecule has 0 aromatic carbocycles. The molecule has 0 unspecified atom stereocenters. The molecule has 0 atom stereocenters. The quantitative estimate of drug-likeness (QED) is 0.811. The van der Waals surface area contributed by atoms with E-state index in [4.69, 9.17) is 9.97 Å². The van der Waals surface area contributed by atoms with Gasteiger partial charge in [0.2, 0.25) is 0 Å². The van der Waals surface area contributed by atoms with E-state index in [9.17, 15) is 0 Å². The predicted octanol–water partition coefficient (Wildman–Crippen LogP) is 3.05. The Kier molecular flexibility index (Phi) is 4.63. The highest BCUT2D eigenvalue weighted by Crippen LogP contribution is 2.32. The van der Waals surface area contributed by atoms with Crippen LogP contribution in [-0.2, 0) is 12.8 Å². The smallest absolute Gasteiger partial charge is 0.185 e. The van der Waals surface area contributed by atoms with Crippen molar-refractivity contribution < 1.29 is 0 Å². The number of fused-ring (bicyclic) bond motifs is 1. The van der Waals surface area contributed by atoms with E-state index in [0.717, 1.165) is 56.7 Å². The van der Waals surface area contributed by atoms with Gasteiger partial charge in [0, 0.05) is 50.2 Å². The second kappa shape index (κ2) is 7.26. The van der Waals surface area contributed by atoms with Crippen molar-refractivity contribution in [1.29, 1.82) is 0 Å². The van der Waals surface area contributed by atoms with Gasteiger partial charge >= 0.3 is 0 Å². The summed E-state index contributed by atoms with van der Waals surface area (Å²) in [5.74, 6) is 3.07. The lowest BCUT2D eigenvalue weighted by molar-refractivity contribution is 0.640. The van der Waals surface area contributed by atoms with E-state index in [2.05, 4.69) is 25.8 Å². The zero-order valence-electron chi connectivity index (χ0n) is 16.2. The highest BCUT2D eigenvalue weighted by atomic mass is 32.1. The number of rotatable bonds is 3. The van der Waals surface area contributed by atoms with Crippen molar-refractivity contribution in [2.45, 2.75) is 45.4 Å². The molecular weight excluding hydrogens is 356 g/mol. The minimum Gasteiger partial charge on any atom is -0.356 e. The first kappa shape index (κ1) is 17.2. The summed E-state index contributed by atoms with van der Waals surface area (Å²) in [4.78, 5) is 23.2. The number of nitrogens with zero attached hydrogens (tertiary/aromatic N) is 6. The molecule has 2 aromatic heterocycles. The zero-order chi connectivity index (χ0) is 18.2. The molecule has 144 valence electrons. The standard InChI is InChI=1S/C20H28N6S/c1-15-21-18(24-8-4-5-9-24)14-19(22-15)25-10-12-26(13-11-25)20-23-16-6-2-3-7-17(16)27-20/h14H,2-13H2,1H3. The minimum atomic E-state index is 0.879. The maximum atomic E-state index is 4.95. The predicted molar refractivity (Wildman–Crippen MR) is 111 cm³/mol. The van der Waals surface area contributed by atoms with Crippen LogP contribution in [0.2, 0.25) is 0 Å². The van der Waals surface area contributed by atoms with Gasteiger partial charge in [-0.3, -0.25) is 0 Å². The van der Waals surface area contributed by atoms with Crippen molar-refractivity contribution in [3.8, 4) is 0 Å². The second-order valence-corrected chi connectivity index (χ2v) is 8.94. The van der Waals surface area contributed by atoms with Crippen LogP contribution in [0.25, 0.3) is 0 Å². The van der Waals surface area contributed by atoms with Gasteiger partial charge in [0.05, 0.1) is 5.69 Å². The number of anilines is 3. The Hall–Kier alpha value is -1.89. The fourth-order valence-corrected chi connectivity index (χ4v) is 5.61. The van der Waals surface area contributed by atoms with Crippen LogP contribution >= 0.6 is 11.3 Å². The first-order valence-electron chi connectivity index (χ1n) is 10.4. The molecule has 2 saturated heterocycles. The second-order valence-electron chi connectivity index (χ2n) is 7.87. The van der Waals surface area contributed by atoms with Crippen LogP contribution < -0.4 is 14.7 Å². The molecule has 2 aromatic rings. The fourth-order valence-electron chi connectivity index (χ4n) is 4.41. The first-order chi connectivity index (χ1) is 13.3. The topological polar surface area (TPSA) is 48.4 Å². The molecule has 1 aliphatic carbocycles. The van der Waals surface area contributed by atoms with Crippen LogP contribution in [0, 0.1) is 6.92 Å². The van der Waals surface area contributed by atoms with Gasteiger partial charge in [-0.1, -0.05) is 0 Å². The van der Waals surface area contributed by atoms with Gasteiger partial charge in [0.25, 0.3) is 0 Å². The number of aryl methyl sites for hydroxylation is 3. The molecular formula is C20H28N6S. The van der Waals surface area contributed by atoms with E-state index in [1.165, 1.54) is 54.2 Å². The average Bonchev–Trinajstić information content (AvgIpc) is 3.37. The summed E-state index contributed by atoms with van der Waals surface area (Å²) < 4.78 is 0. The Morgan fingerprint density at radius 1 is 0.741 bits per heavy atom. The SMILES string of the molecule is Cc1nc(N2CCCC2)cc(N2CCN(c3nc4c(s3)CCCC4)CC2)n1. The molecule has 6 nitrogen and oxygen atoms in total. The third-order valence-electron chi connectivity index (χ3n) is 5.95. The third-order valence-corrected chi connectivity index (χ3v) is 7.17. The Morgan fingerprint density at radius 2 is 1.37 bits per heavy atom. The molecule has 0 bridgehead atoms. The van der Waals surface area contributed by atoms with Crippen LogP contribution in [0.5, 0.6) is 0 Å². The molecule has 0 N–H and O–H groups in total. The van der Waals surface area contributed by atoms with E-state index < -0.39 is 0 Å². The number of hydrogen-bond acceptors (Lipinski definition) is 7. The maximum Gasteiger partial charge on any atom is 0.185 e. The molecule has 5 rings (SSSR count). The van der Waals surface area contributed by atoms with Gasteiger partial charge in [-0.15, -0.1) is 11.3 Å². The lowest BCUT2D eigenvalue weighted by Gasteiger charge is -2.35. The lowest BCUT2D eigenvalue weighted by atomic mass is 10.0. The molecule has 0 radical (unpaired) electrons. The van der Waals surface area contributed by atoms with Crippen molar-refractivity contribution in [3.63, 3.8) is 0 Å². The molecule has 0 amide bonds. The van der Waals surface area contributed by atoms with E-state index in [0.29, 0.717) is 0 Å². The summed E-state index contributed by atoms with van der Waals surface area (Å²) >= 11 is 1.92. The number of aromatic nitrogens is 3. The Bertz CT molecular complexity index is 781. The molecule has 27 heavy (non-hydrogen) atoms. The van der Waals surface area contributed by atoms with Gasteiger partial charge in [-0.25, -0.2) is 15.0 Å². The highest BCUT2D eigenvalue weighted by molar-refractivity contribution is 7.15. The van der Waals surface area contributed by atoms with E-state index in [1.54, 1.807) is 0 Å². The molecule has 7 heteroatoms. The van der Waals surface area contributed by atoms with Gasteiger partial charge in [-0.05, 0) is 45.4 Å². The number of piperazine rings is 1.